The summed E-state index contributed by atoms with van der Waals surface area (Å²) in [6, 6.07) is 7.45. The third-order valence-electron chi connectivity index (χ3n) is 4.35. The molecule has 1 aliphatic heterocycles. The number of pyridine rings is 1. The highest BCUT2D eigenvalue weighted by atomic mass is 35.5. The van der Waals surface area contributed by atoms with Gasteiger partial charge in [0, 0.05) is 38.5 Å². The SMILES string of the molecule is O=C(C=Cc1ccc(Cl)c(Cl)c1)N1CCN(c2ccc(C(F)(F)F)cn2)CC1. The summed E-state index contributed by atoms with van der Waals surface area (Å²) in [4.78, 5) is 19.8. The summed E-state index contributed by atoms with van der Waals surface area (Å²) in [6.45, 7) is 1.88. The summed E-state index contributed by atoms with van der Waals surface area (Å²) >= 11 is 11.8. The molecule has 28 heavy (non-hydrogen) atoms. The molecule has 0 saturated carbocycles. The highest BCUT2D eigenvalue weighted by molar-refractivity contribution is 6.42. The van der Waals surface area contributed by atoms with Crippen molar-refractivity contribution in [3.05, 3.63) is 63.8 Å². The lowest BCUT2D eigenvalue weighted by Crippen LogP contribution is -2.48. The van der Waals surface area contributed by atoms with Crippen LogP contribution < -0.4 is 4.90 Å². The minimum atomic E-state index is -4.41. The van der Waals surface area contributed by atoms with Gasteiger partial charge in [0.1, 0.15) is 5.82 Å². The normalized spacial score (nSPS) is 15.3. The number of amides is 1. The van der Waals surface area contributed by atoms with E-state index in [4.69, 9.17) is 23.2 Å². The standard InChI is InChI=1S/C19H16Cl2F3N3O/c20-15-4-1-13(11-16(15)21)2-6-18(28)27-9-7-26(8-10-27)17-5-3-14(12-25-17)19(22,23)24/h1-6,11-12H,7-10H2. The van der Waals surface area contributed by atoms with Crippen molar-refractivity contribution < 1.29 is 18.0 Å². The second-order valence-corrected chi connectivity index (χ2v) is 7.04. The molecule has 148 valence electrons. The summed E-state index contributed by atoms with van der Waals surface area (Å²) in [7, 11) is 0. The lowest BCUT2D eigenvalue weighted by molar-refractivity contribution is -0.137. The number of carbonyl (C=O) groups is 1. The summed E-state index contributed by atoms with van der Waals surface area (Å²) in [5.41, 5.74) is -0.0205. The van der Waals surface area contributed by atoms with Crippen LogP contribution in [-0.4, -0.2) is 42.0 Å². The zero-order valence-corrected chi connectivity index (χ0v) is 16.1. The lowest BCUT2D eigenvalue weighted by Gasteiger charge is -2.35. The molecular weight excluding hydrogens is 414 g/mol. The molecule has 2 aromatic rings. The Kier molecular flexibility index (Phi) is 6.15. The van der Waals surface area contributed by atoms with E-state index >= 15 is 0 Å². The molecule has 1 amide bonds. The number of benzene rings is 1. The zero-order valence-electron chi connectivity index (χ0n) is 14.6. The van der Waals surface area contributed by atoms with Gasteiger partial charge in [-0.1, -0.05) is 29.3 Å². The van der Waals surface area contributed by atoms with Crippen LogP contribution in [0.1, 0.15) is 11.1 Å². The van der Waals surface area contributed by atoms with E-state index in [1.54, 1.807) is 29.2 Å². The number of anilines is 1. The molecule has 0 unspecified atom stereocenters. The predicted molar refractivity (Wildman–Crippen MR) is 104 cm³/mol. The van der Waals surface area contributed by atoms with Crippen molar-refractivity contribution in [3.63, 3.8) is 0 Å². The molecule has 0 atom stereocenters. The molecule has 0 aliphatic carbocycles. The van der Waals surface area contributed by atoms with Crippen molar-refractivity contribution in [3.8, 4) is 0 Å². The maximum Gasteiger partial charge on any atom is 0.417 e. The number of piperazine rings is 1. The van der Waals surface area contributed by atoms with Crippen LogP contribution in [0.25, 0.3) is 6.08 Å². The fourth-order valence-corrected chi connectivity index (χ4v) is 3.09. The second-order valence-electron chi connectivity index (χ2n) is 6.22. The Morgan fingerprint density at radius 2 is 1.75 bits per heavy atom. The van der Waals surface area contributed by atoms with Crippen LogP contribution in [0.4, 0.5) is 19.0 Å². The Morgan fingerprint density at radius 3 is 2.32 bits per heavy atom. The lowest BCUT2D eigenvalue weighted by atomic mass is 10.2. The molecule has 2 heterocycles. The van der Waals surface area contributed by atoms with E-state index in [9.17, 15) is 18.0 Å². The van der Waals surface area contributed by atoms with Gasteiger partial charge in [0.05, 0.1) is 15.6 Å². The number of rotatable bonds is 3. The van der Waals surface area contributed by atoms with Crippen molar-refractivity contribution in [1.29, 1.82) is 0 Å². The molecule has 3 rings (SSSR count). The Balaban J connectivity index is 1.56. The first-order chi connectivity index (χ1) is 13.2. The molecule has 1 aromatic heterocycles. The van der Waals surface area contributed by atoms with E-state index in [2.05, 4.69) is 4.98 Å². The topological polar surface area (TPSA) is 36.4 Å². The second kappa shape index (κ2) is 8.41. The van der Waals surface area contributed by atoms with Crippen molar-refractivity contribution in [2.24, 2.45) is 0 Å². The van der Waals surface area contributed by atoms with Gasteiger partial charge in [-0.25, -0.2) is 4.98 Å². The molecule has 9 heteroatoms. The third-order valence-corrected chi connectivity index (χ3v) is 5.09. The maximum absolute atomic E-state index is 12.6. The van der Waals surface area contributed by atoms with Gasteiger partial charge in [-0.15, -0.1) is 0 Å². The first-order valence-electron chi connectivity index (χ1n) is 8.44. The summed E-state index contributed by atoms with van der Waals surface area (Å²) in [5, 5.41) is 0.854. The monoisotopic (exact) mass is 429 g/mol. The molecule has 4 nitrogen and oxygen atoms in total. The first kappa shape index (κ1) is 20.5. The van der Waals surface area contributed by atoms with Crippen molar-refractivity contribution in [2.45, 2.75) is 6.18 Å². The summed E-state index contributed by atoms with van der Waals surface area (Å²) in [6.07, 6.45) is -0.454. The number of carbonyl (C=O) groups excluding carboxylic acids is 1. The van der Waals surface area contributed by atoms with E-state index in [1.165, 1.54) is 12.1 Å². The van der Waals surface area contributed by atoms with Crippen molar-refractivity contribution in [2.75, 3.05) is 31.1 Å². The van der Waals surface area contributed by atoms with E-state index in [0.717, 1.165) is 17.8 Å². The molecule has 0 radical (unpaired) electrons. The first-order valence-corrected chi connectivity index (χ1v) is 9.20. The zero-order chi connectivity index (χ0) is 20.3. The molecule has 1 aliphatic rings. The molecular formula is C19H16Cl2F3N3O. The number of halogens is 5. The third kappa shape index (κ3) is 4.97. The number of hydrogen-bond acceptors (Lipinski definition) is 3. The van der Waals surface area contributed by atoms with Crippen LogP contribution in [0.5, 0.6) is 0 Å². The fourth-order valence-electron chi connectivity index (χ4n) is 2.79. The van der Waals surface area contributed by atoms with E-state index in [-0.39, 0.29) is 5.91 Å². The largest absolute Gasteiger partial charge is 0.417 e. The quantitative estimate of drug-likeness (QED) is 0.659. The minimum absolute atomic E-state index is 0.147. The van der Waals surface area contributed by atoms with Gasteiger partial charge in [0.15, 0.2) is 0 Å². The number of alkyl halides is 3. The Morgan fingerprint density at radius 1 is 1.04 bits per heavy atom. The van der Waals surface area contributed by atoms with Gasteiger partial charge >= 0.3 is 6.18 Å². The summed E-state index contributed by atoms with van der Waals surface area (Å²) in [5.74, 6) is 0.317. The van der Waals surface area contributed by atoms with Crippen molar-refractivity contribution >= 4 is 41.0 Å². The van der Waals surface area contributed by atoms with Crippen LogP contribution in [0, 0.1) is 0 Å². The van der Waals surface area contributed by atoms with Crippen molar-refractivity contribution in [1.82, 2.24) is 9.88 Å². The van der Waals surface area contributed by atoms with E-state index in [0.29, 0.717) is 42.0 Å². The number of hydrogen-bond donors (Lipinski definition) is 0. The van der Waals surface area contributed by atoms with E-state index in [1.807, 2.05) is 4.90 Å². The Labute approximate surface area is 170 Å². The van der Waals surface area contributed by atoms with Crippen LogP contribution in [0.3, 0.4) is 0 Å². The van der Waals surface area contributed by atoms with Gasteiger partial charge in [-0.2, -0.15) is 13.2 Å². The average Bonchev–Trinajstić information content (AvgIpc) is 2.68. The molecule has 0 spiro atoms. The number of nitrogens with zero attached hydrogens (tertiary/aromatic N) is 3. The van der Waals surface area contributed by atoms with Crippen LogP contribution in [0.15, 0.2) is 42.6 Å². The predicted octanol–water partition coefficient (Wildman–Crippen LogP) is 4.77. The number of aromatic nitrogens is 1. The van der Waals surface area contributed by atoms with Crippen LogP contribution >= 0.6 is 23.2 Å². The molecule has 1 fully saturated rings. The average molecular weight is 430 g/mol. The Bertz CT molecular complexity index is 877. The van der Waals surface area contributed by atoms with E-state index < -0.39 is 11.7 Å². The molecule has 0 bridgehead atoms. The fraction of sp³-hybridized carbons (Fsp3) is 0.263. The van der Waals surface area contributed by atoms with Crippen LogP contribution in [0.2, 0.25) is 10.0 Å². The molecule has 1 saturated heterocycles. The highest BCUT2D eigenvalue weighted by Gasteiger charge is 2.31. The van der Waals surface area contributed by atoms with Gasteiger partial charge < -0.3 is 9.80 Å². The minimum Gasteiger partial charge on any atom is -0.353 e. The Hall–Kier alpha value is -2.25. The van der Waals surface area contributed by atoms with Gasteiger partial charge in [0.2, 0.25) is 5.91 Å². The molecule has 0 N–H and O–H groups in total. The highest BCUT2D eigenvalue weighted by Crippen LogP contribution is 2.29. The van der Waals surface area contributed by atoms with Gasteiger partial charge in [-0.05, 0) is 35.9 Å². The smallest absolute Gasteiger partial charge is 0.353 e. The summed E-state index contributed by atoms with van der Waals surface area (Å²) < 4.78 is 37.9. The van der Waals surface area contributed by atoms with Gasteiger partial charge in [0.25, 0.3) is 0 Å². The maximum atomic E-state index is 12.6. The van der Waals surface area contributed by atoms with Gasteiger partial charge in [-0.3, -0.25) is 4.79 Å². The molecule has 1 aromatic carbocycles. The van der Waals surface area contributed by atoms with Crippen LogP contribution in [-0.2, 0) is 11.0 Å².